The van der Waals surface area contributed by atoms with Crippen LogP contribution in [0.1, 0.15) is 16.1 Å². The zero-order valence-corrected chi connectivity index (χ0v) is 10.5. The van der Waals surface area contributed by atoms with Crippen LogP contribution in [0, 0.1) is 6.92 Å². The molecule has 1 atom stereocenters. The molecular formula is C11H17ClN2O3. The number of amides is 1. The number of rotatable bonds is 2. The van der Waals surface area contributed by atoms with Gasteiger partial charge in [-0.2, -0.15) is 0 Å². The van der Waals surface area contributed by atoms with Crippen LogP contribution in [0.15, 0.2) is 16.7 Å². The molecule has 1 saturated heterocycles. The standard InChI is InChI=1S/C11H16N2O3.ClH/c1-8-2-4-16-10(8)11(14)13-3-5-15-9(6-12)7-13;/h2,4,9H,3,5-7,12H2,1H3;1H. The lowest BCUT2D eigenvalue weighted by Gasteiger charge is -2.31. The van der Waals surface area contributed by atoms with E-state index in [0.717, 1.165) is 5.56 Å². The molecule has 0 spiro atoms. The number of hydrogen-bond acceptors (Lipinski definition) is 4. The number of halogens is 1. The summed E-state index contributed by atoms with van der Waals surface area (Å²) in [6, 6.07) is 1.79. The van der Waals surface area contributed by atoms with Crippen molar-refractivity contribution in [2.24, 2.45) is 5.73 Å². The fourth-order valence-electron chi connectivity index (χ4n) is 1.78. The van der Waals surface area contributed by atoms with Gasteiger partial charge in [0, 0.05) is 25.2 Å². The zero-order valence-electron chi connectivity index (χ0n) is 9.72. The van der Waals surface area contributed by atoms with Crippen LogP contribution in [0.25, 0.3) is 0 Å². The van der Waals surface area contributed by atoms with Gasteiger partial charge in [0.25, 0.3) is 5.91 Å². The summed E-state index contributed by atoms with van der Waals surface area (Å²) in [6.45, 7) is 3.96. The van der Waals surface area contributed by atoms with Crippen LogP contribution in [0.5, 0.6) is 0 Å². The van der Waals surface area contributed by atoms with E-state index in [1.165, 1.54) is 6.26 Å². The molecule has 96 valence electrons. The third kappa shape index (κ3) is 3.00. The van der Waals surface area contributed by atoms with Gasteiger partial charge in [-0.3, -0.25) is 4.79 Å². The highest BCUT2D eigenvalue weighted by Crippen LogP contribution is 2.14. The summed E-state index contributed by atoms with van der Waals surface area (Å²) in [7, 11) is 0. The minimum absolute atomic E-state index is 0. The third-order valence-electron chi connectivity index (χ3n) is 2.75. The van der Waals surface area contributed by atoms with Gasteiger partial charge in [0.2, 0.25) is 0 Å². The molecule has 2 N–H and O–H groups in total. The van der Waals surface area contributed by atoms with Crippen molar-refractivity contribution in [3.63, 3.8) is 0 Å². The van der Waals surface area contributed by atoms with E-state index >= 15 is 0 Å². The Morgan fingerprint density at radius 3 is 3.00 bits per heavy atom. The lowest BCUT2D eigenvalue weighted by atomic mass is 10.2. The second-order valence-corrected chi connectivity index (χ2v) is 3.91. The Bertz CT molecular complexity index is 381. The Morgan fingerprint density at radius 2 is 2.41 bits per heavy atom. The fourth-order valence-corrected chi connectivity index (χ4v) is 1.78. The summed E-state index contributed by atoms with van der Waals surface area (Å²) < 4.78 is 10.6. The summed E-state index contributed by atoms with van der Waals surface area (Å²) in [4.78, 5) is 13.8. The lowest BCUT2D eigenvalue weighted by Crippen LogP contribution is -2.48. The first kappa shape index (κ1) is 14.0. The molecule has 0 bridgehead atoms. The van der Waals surface area contributed by atoms with E-state index in [2.05, 4.69) is 0 Å². The summed E-state index contributed by atoms with van der Waals surface area (Å²) in [5, 5.41) is 0. The van der Waals surface area contributed by atoms with Gasteiger partial charge in [-0.1, -0.05) is 0 Å². The van der Waals surface area contributed by atoms with Crippen molar-refractivity contribution in [2.75, 3.05) is 26.2 Å². The summed E-state index contributed by atoms with van der Waals surface area (Å²) in [5.74, 6) is 0.335. The molecule has 1 unspecified atom stereocenters. The number of furan rings is 1. The highest BCUT2D eigenvalue weighted by atomic mass is 35.5. The van der Waals surface area contributed by atoms with Crippen molar-refractivity contribution in [3.8, 4) is 0 Å². The zero-order chi connectivity index (χ0) is 11.5. The van der Waals surface area contributed by atoms with Gasteiger partial charge in [0.1, 0.15) is 0 Å². The van der Waals surface area contributed by atoms with Crippen molar-refractivity contribution in [2.45, 2.75) is 13.0 Å². The van der Waals surface area contributed by atoms with Gasteiger partial charge in [-0.05, 0) is 13.0 Å². The van der Waals surface area contributed by atoms with Crippen LogP contribution in [0.3, 0.4) is 0 Å². The topological polar surface area (TPSA) is 68.7 Å². The minimum atomic E-state index is -0.0794. The summed E-state index contributed by atoms with van der Waals surface area (Å²) >= 11 is 0. The Labute approximate surface area is 106 Å². The molecule has 0 radical (unpaired) electrons. The molecule has 1 aromatic heterocycles. The first-order chi connectivity index (χ1) is 7.72. The molecule has 2 heterocycles. The molecule has 1 aliphatic heterocycles. The van der Waals surface area contributed by atoms with Crippen molar-refractivity contribution in [3.05, 3.63) is 23.7 Å². The molecule has 0 aromatic carbocycles. The first-order valence-electron chi connectivity index (χ1n) is 5.37. The second-order valence-electron chi connectivity index (χ2n) is 3.91. The maximum Gasteiger partial charge on any atom is 0.289 e. The number of carbonyl (C=O) groups is 1. The molecule has 17 heavy (non-hydrogen) atoms. The van der Waals surface area contributed by atoms with Crippen LogP contribution in [0.4, 0.5) is 0 Å². The van der Waals surface area contributed by atoms with Crippen molar-refractivity contribution < 1.29 is 13.9 Å². The van der Waals surface area contributed by atoms with E-state index in [4.69, 9.17) is 14.9 Å². The molecule has 1 amide bonds. The molecule has 1 aliphatic rings. The maximum atomic E-state index is 12.1. The Hall–Kier alpha value is -1.04. The number of nitrogens with two attached hydrogens (primary N) is 1. The number of nitrogens with zero attached hydrogens (tertiary/aromatic N) is 1. The van der Waals surface area contributed by atoms with E-state index in [9.17, 15) is 4.79 Å². The van der Waals surface area contributed by atoms with Crippen LogP contribution >= 0.6 is 12.4 Å². The Balaban J connectivity index is 0.00000144. The average molecular weight is 261 g/mol. The molecule has 5 nitrogen and oxygen atoms in total. The molecule has 2 rings (SSSR count). The Morgan fingerprint density at radius 1 is 1.65 bits per heavy atom. The van der Waals surface area contributed by atoms with E-state index < -0.39 is 0 Å². The third-order valence-corrected chi connectivity index (χ3v) is 2.75. The van der Waals surface area contributed by atoms with Gasteiger partial charge in [0.05, 0.1) is 19.0 Å². The predicted molar refractivity (Wildman–Crippen MR) is 65.4 cm³/mol. The largest absolute Gasteiger partial charge is 0.459 e. The normalized spacial score (nSPS) is 19.9. The fraction of sp³-hybridized carbons (Fsp3) is 0.545. The van der Waals surface area contributed by atoms with E-state index in [-0.39, 0.29) is 24.4 Å². The monoisotopic (exact) mass is 260 g/mol. The Kier molecular flexibility index (Phi) is 4.99. The van der Waals surface area contributed by atoms with E-state index in [0.29, 0.717) is 32.0 Å². The maximum absolute atomic E-state index is 12.1. The SMILES string of the molecule is Cc1ccoc1C(=O)N1CCOC(CN)C1.Cl. The van der Waals surface area contributed by atoms with Gasteiger partial charge < -0.3 is 19.8 Å². The quantitative estimate of drug-likeness (QED) is 0.854. The number of carbonyl (C=O) groups excluding carboxylic acids is 1. The highest BCUT2D eigenvalue weighted by molar-refractivity contribution is 5.92. The van der Waals surface area contributed by atoms with E-state index in [1.54, 1.807) is 11.0 Å². The highest BCUT2D eigenvalue weighted by Gasteiger charge is 2.26. The van der Waals surface area contributed by atoms with Crippen molar-refractivity contribution in [1.29, 1.82) is 0 Å². The van der Waals surface area contributed by atoms with Crippen LogP contribution in [0.2, 0.25) is 0 Å². The molecular weight excluding hydrogens is 244 g/mol. The molecule has 1 aromatic rings. The van der Waals surface area contributed by atoms with E-state index in [1.807, 2.05) is 6.92 Å². The minimum Gasteiger partial charge on any atom is -0.459 e. The number of aryl methyl sites for hydroxylation is 1. The average Bonchev–Trinajstić information content (AvgIpc) is 2.74. The van der Waals surface area contributed by atoms with Gasteiger partial charge in [-0.25, -0.2) is 0 Å². The van der Waals surface area contributed by atoms with Gasteiger partial charge in [0.15, 0.2) is 5.76 Å². The van der Waals surface area contributed by atoms with Crippen molar-refractivity contribution >= 4 is 18.3 Å². The first-order valence-corrected chi connectivity index (χ1v) is 5.37. The molecule has 0 aliphatic carbocycles. The number of ether oxygens (including phenoxy) is 1. The van der Waals surface area contributed by atoms with Gasteiger partial charge in [-0.15, -0.1) is 12.4 Å². The number of hydrogen-bond donors (Lipinski definition) is 1. The summed E-state index contributed by atoms with van der Waals surface area (Å²) in [6.07, 6.45) is 1.47. The molecule has 0 saturated carbocycles. The number of morpholine rings is 1. The molecule has 6 heteroatoms. The molecule has 1 fully saturated rings. The summed E-state index contributed by atoms with van der Waals surface area (Å²) in [5.41, 5.74) is 6.39. The van der Waals surface area contributed by atoms with Crippen LogP contribution in [-0.4, -0.2) is 43.2 Å². The van der Waals surface area contributed by atoms with Crippen LogP contribution < -0.4 is 5.73 Å². The van der Waals surface area contributed by atoms with Crippen molar-refractivity contribution in [1.82, 2.24) is 4.90 Å². The second kappa shape index (κ2) is 6.05. The van der Waals surface area contributed by atoms with Crippen LogP contribution in [-0.2, 0) is 4.74 Å². The van der Waals surface area contributed by atoms with Gasteiger partial charge >= 0.3 is 0 Å². The smallest absolute Gasteiger partial charge is 0.289 e. The predicted octanol–water partition coefficient (Wildman–Crippen LogP) is 0.810. The lowest BCUT2D eigenvalue weighted by molar-refractivity contribution is -0.0178.